The number of unbranched alkanes of at least 4 members (excludes halogenated alkanes) is 1. The standard InChI is InChI=1S/C9H16O7/c1-2-3-4-14-5-7(16-9(12)13)6-15-8(10)11/h7H,2-6H2,1H3,(H,10,11)(H,12,13). The maximum atomic E-state index is 10.3. The fraction of sp³-hybridized carbons (Fsp3) is 0.778. The van der Waals surface area contributed by atoms with Crippen molar-refractivity contribution in [3.05, 3.63) is 0 Å². The van der Waals surface area contributed by atoms with Crippen molar-refractivity contribution in [1.82, 2.24) is 0 Å². The molecule has 0 heterocycles. The lowest BCUT2D eigenvalue weighted by Crippen LogP contribution is -2.29. The van der Waals surface area contributed by atoms with Crippen LogP contribution in [-0.4, -0.2) is 48.4 Å². The number of ether oxygens (including phenoxy) is 3. The van der Waals surface area contributed by atoms with Crippen molar-refractivity contribution in [1.29, 1.82) is 0 Å². The summed E-state index contributed by atoms with van der Waals surface area (Å²) in [5, 5.41) is 16.6. The van der Waals surface area contributed by atoms with Gasteiger partial charge in [-0.3, -0.25) is 0 Å². The number of hydrogen-bond donors (Lipinski definition) is 2. The first-order chi connectivity index (χ1) is 7.56. The zero-order valence-corrected chi connectivity index (χ0v) is 9.05. The van der Waals surface area contributed by atoms with Gasteiger partial charge in [-0.15, -0.1) is 0 Å². The van der Waals surface area contributed by atoms with Crippen LogP contribution >= 0.6 is 0 Å². The molecule has 16 heavy (non-hydrogen) atoms. The van der Waals surface area contributed by atoms with Crippen LogP contribution in [0, 0.1) is 0 Å². The van der Waals surface area contributed by atoms with Crippen LogP contribution in [0.15, 0.2) is 0 Å². The van der Waals surface area contributed by atoms with Gasteiger partial charge in [0.25, 0.3) is 0 Å². The average molecular weight is 236 g/mol. The molecule has 0 aliphatic rings. The molecular weight excluding hydrogens is 220 g/mol. The van der Waals surface area contributed by atoms with Gasteiger partial charge in [0.1, 0.15) is 6.61 Å². The van der Waals surface area contributed by atoms with Gasteiger partial charge in [-0.05, 0) is 6.42 Å². The number of hydrogen-bond acceptors (Lipinski definition) is 5. The molecule has 2 N–H and O–H groups in total. The van der Waals surface area contributed by atoms with Crippen LogP contribution in [0.1, 0.15) is 19.8 Å². The Morgan fingerprint density at radius 2 is 1.88 bits per heavy atom. The normalized spacial score (nSPS) is 11.8. The van der Waals surface area contributed by atoms with Crippen molar-refractivity contribution in [3.8, 4) is 0 Å². The van der Waals surface area contributed by atoms with Crippen LogP contribution in [0.5, 0.6) is 0 Å². The van der Waals surface area contributed by atoms with Gasteiger partial charge in [0.2, 0.25) is 0 Å². The second-order valence-corrected chi connectivity index (χ2v) is 3.01. The average Bonchev–Trinajstić information content (AvgIpc) is 2.19. The fourth-order valence-corrected chi connectivity index (χ4v) is 0.884. The van der Waals surface area contributed by atoms with Crippen molar-refractivity contribution >= 4 is 12.3 Å². The third-order valence-corrected chi connectivity index (χ3v) is 1.61. The lowest BCUT2D eigenvalue weighted by Gasteiger charge is -2.15. The van der Waals surface area contributed by atoms with Gasteiger partial charge in [-0.25, -0.2) is 9.59 Å². The van der Waals surface area contributed by atoms with E-state index in [1.54, 1.807) is 0 Å². The molecule has 0 aliphatic carbocycles. The Morgan fingerprint density at radius 3 is 2.38 bits per heavy atom. The predicted molar refractivity (Wildman–Crippen MR) is 52.6 cm³/mol. The van der Waals surface area contributed by atoms with Crippen molar-refractivity contribution in [2.45, 2.75) is 25.9 Å². The minimum absolute atomic E-state index is 0.0143. The highest BCUT2D eigenvalue weighted by Gasteiger charge is 2.16. The summed E-state index contributed by atoms with van der Waals surface area (Å²) in [5.74, 6) is 0. The molecule has 0 spiro atoms. The summed E-state index contributed by atoms with van der Waals surface area (Å²) in [7, 11) is 0. The van der Waals surface area contributed by atoms with Crippen molar-refractivity contribution in [3.63, 3.8) is 0 Å². The minimum Gasteiger partial charge on any atom is -0.450 e. The van der Waals surface area contributed by atoms with Gasteiger partial charge in [0.15, 0.2) is 6.10 Å². The molecule has 0 aromatic rings. The third kappa shape index (κ3) is 9.07. The van der Waals surface area contributed by atoms with Crippen LogP contribution in [0.25, 0.3) is 0 Å². The van der Waals surface area contributed by atoms with Crippen LogP contribution in [0.2, 0.25) is 0 Å². The molecule has 0 aliphatic heterocycles. The molecule has 0 bridgehead atoms. The Hall–Kier alpha value is -1.50. The van der Waals surface area contributed by atoms with Crippen LogP contribution in [0.4, 0.5) is 9.59 Å². The quantitative estimate of drug-likeness (QED) is 0.487. The Bertz CT molecular complexity index is 216. The Balaban J connectivity index is 3.80. The molecule has 1 unspecified atom stereocenters. The van der Waals surface area contributed by atoms with Gasteiger partial charge in [-0.2, -0.15) is 0 Å². The second kappa shape index (κ2) is 8.78. The molecule has 0 rings (SSSR count). The lowest BCUT2D eigenvalue weighted by atomic mass is 10.3. The molecule has 0 saturated carbocycles. The molecule has 7 nitrogen and oxygen atoms in total. The largest absolute Gasteiger partial charge is 0.506 e. The minimum atomic E-state index is -1.49. The molecule has 94 valence electrons. The summed E-state index contributed by atoms with van der Waals surface area (Å²) in [5.41, 5.74) is 0. The second-order valence-electron chi connectivity index (χ2n) is 3.01. The first-order valence-corrected chi connectivity index (χ1v) is 4.89. The molecule has 0 amide bonds. The van der Waals surface area contributed by atoms with Gasteiger partial charge >= 0.3 is 12.3 Å². The highest BCUT2D eigenvalue weighted by molar-refractivity contribution is 5.58. The van der Waals surface area contributed by atoms with Gasteiger partial charge in [0, 0.05) is 6.61 Å². The zero-order chi connectivity index (χ0) is 12.4. The van der Waals surface area contributed by atoms with Crippen LogP contribution < -0.4 is 0 Å². The van der Waals surface area contributed by atoms with Crippen LogP contribution in [0.3, 0.4) is 0 Å². The van der Waals surface area contributed by atoms with Gasteiger partial charge < -0.3 is 24.4 Å². The Kier molecular flexibility index (Phi) is 7.96. The van der Waals surface area contributed by atoms with Crippen molar-refractivity contribution in [2.24, 2.45) is 0 Å². The van der Waals surface area contributed by atoms with Gasteiger partial charge in [0.05, 0.1) is 6.61 Å². The molecule has 0 radical (unpaired) electrons. The maximum Gasteiger partial charge on any atom is 0.506 e. The molecule has 7 heteroatoms. The highest BCUT2D eigenvalue weighted by atomic mass is 16.7. The molecule has 0 aromatic carbocycles. The summed E-state index contributed by atoms with van der Waals surface area (Å²) < 4.78 is 13.7. The summed E-state index contributed by atoms with van der Waals surface area (Å²) in [4.78, 5) is 20.4. The maximum absolute atomic E-state index is 10.3. The molecular formula is C9H16O7. The fourth-order valence-electron chi connectivity index (χ4n) is 0.884. The van der Waals surface area contributed by atoms with E-state index in [0.717, 1.165) is 12.8 Å². The van der Waals surface area contributed by atoms with E-state index in [9.17, 15) is 9.59 Å². The predicted octanol–water partition coefficient (Wildman–Crippen LogP) is 1.56. The van der Waals surface area contributed by atoms with E-state index in [4.69, 9.17) is 14.9 Å². The molecule has 0 fully saturated rings. The van der Waals surface area contributed by atoms with E-state index >= 15 is 0 Å². The van der Waals surface area contributed by atoms with E-state index in [0.29, 0.717) is 6.61 Å². The number of rotatable bonds is 8. The molecule has 1 atom stereocenters. The molecule has 0 saturated heterocycles. The summed E-state index contributed by atoms with van der Waals surface area (Å²) in [6.45, 7) is 2.08. The monoisotopic (exact) mass is 236 g/mol. The van der Waals surface area contributed by atoms with E-state index in [1.165, 1.54) is 0 Å². The first kappa shape index (κ1) is 14.5. The summed E-state index contributed by atoms with van der Waals surface area (Å²) in [6.07, 6.45) is -2.09. The van der Waals surface area contributed by atoms with E-state index in [1.807, 2.05) is 6.92 Å². The summed E-state index contributed by atoms with van der Waals surface area (Å²) in [6, 6.07) is 0. The van der Waals surface area contributed by atoms with E-state index in [-0.39, 0.29) is 13.2 Å². The zero-order valence-electron chi connectivity index (χ0n) is 9.05. The highest BCUT2D eigenvalue weighted by Crippen LogP contribution is 1.98. The Labute approximate surface area is 92.9 Å². The third-order valence-electron chi connectivity index (χ3n) is 1.61. The SMILES string of the molecule is CCCCOCC(COC(=O)O)OC(=O)O. The number of carbonyl (C=O) groups is 2. The van der Waals surface area contributed by atoms with Crippen LogP contribution in [-0.2, 0) is 14.2 Å². The van der Waals surface area contributed by atoms with Crippen molar-refractivity contribution < 1.29 is 34.0 Å². The van der Waals surface area contributed by atoms with Crippen molar-refractivity contribution in [2.75, 3.05) is 19.8 Å². The molecule has 0 aromatic heterocycles. The van der Waals surface area contributed by atoms with Gasteiger partial charge in [-0.1, -0.05) is 13.3 Å². The first-order valence-electron chi connectivity index (χ1n) is 4.89. The number of carboxylic acid groups (broad SMARTS) is 2. The summed E-state index contributed by atoms with van der Waals surface area (Å²) >= 11 is 0. The smallest absolute Gasteiger partial charge is 0.450 e. The van der Waals surface area contributed by atoms with E-state index < -0.39 is 18.4 Å². The Morgan fingerprint density at radius 1 is 1.19 bits per heavy atom. The topological polar surface area (TPSA) is 102 Å². The van der Waals surface area contributed by atoms with E-state index in [2.05, 4.69) is 9.47 Å². The lowest BCUT2D eigenvalue weighted by molar-refractivity contribution is -0.0352.